The number of hydroxylamine groups is 2. The number of likely N-dealkylation sites (tertiary alicyclic amines) is 1. The largest absolute Gasteiger partial charge is 0.370 e. The van der Waals surface area contributed by atoms with Crippen LogP contribution in [0.15, 0.2) is 39.7 Å². The Kier molecular flexibility index (Phi) is 4.00. The highest BCUT2D eigenvalue weighted by molar-refractivity contribution is 5.82. The Bertz CT molecular complexity index is 642. The fourth-order valence-electron chi connectivity index (χ4n) is 4.14. The second-order valence-corrected chi connectivity index (χ2v) is 6.90. The van der Waals surface area contributed by atoms with Crippen LogP contribution in [0, 0.1) is 0 Å². The molecule has 0 saturated carbocycles. The van der Waals surface area contributed by atoms with E-state index in [0.717, 1.165) is 50.7 Å². The molecule has 0 spiro atoms. The Labute approximate surface area is 144 Å². The predicted molar refractivity (Wildman–Crippen MR) is 94.5 cm³/mol. The van der Waals surface area contributed by atoms with Crippen LogP contribution in [-0.4, -0.2) is 65.9 Å². The maximum absolute atomic E-state index is 5.42. The van der Waals surface area contributed by atoms with Crippen LogP contribution in [0.1, 0.15) is 33.1 Å². The highest BCUT2D eigenvalue weighted by atomic mass is 16.7. The maximum atomic E-state index is 5.42. The highest BCUT2D eigenvalue weighted by Crippen LogP contribution is 2.39. The molecule has 1 saturated heterocycles. The molecular weight excluding hydrogens is 302 g/mol. The Balaban J connectivity index is 1.76. The van der Waals surface area contributed by atoms with E-state index in [4.69, 9.17) is 9.83 Å². The van der Waals surface area contributed by atoms with Gasteiger partial charge < -0.3 is 14.7 Å². The van der Waals surface area contributed by atoms with E-state index in [1.54, 1.807) is 7.11 Å². The lowest BCUT2D eigenvalue weighted by molar-refractivity contribution is -0.0971. The van der Waals surface area contributed by atoms with Gasteiger partial charge in [-0.25, -0.2) is 10.1 Å². The molecule has 1 fully saturated rings. The fraction of sp³-hybridized carbons (Fsp3) is 0.611. The normalized spacial score (nSPS) is 23.4. The van der Waals surface area contributed by atoms with Gasteiger partial charge in [-0.1, -0.05) is 6.92 Å². The summed E-state index contributed by atoms with van der Waals surface area (Å²) in [7, 11) is 1.71. The average Bonchev–Trinajstić information content (AvgIpc) is 3.23. The zero-order chi connectivity index (χ0) is 16.7. The standard InChI is InChI=1S/C18H27N5O/c1-4-7-21-11-14(2)17(20-8-5-6-9-20)16-18(21)23-13-22(24-3)12-15(23)10-19-16/h10,12H,4-9,11,13H2,1-3H3. The van der Waals surface area contributed by atoms with E-state index < -0.39 is 0 Å². The second-order valence-electron chi connectivity index (χ2n) is 6.90. The van der Waals surface area contributed by atoms with Crippen LogP contribution in [0.25, 0.3) is 0 Å². The zero-order valence-corrected chi connectivity index (χ0v) is 15.0. The van der Waals surface area contributed by atoms with Gasteiger partial charge in [0.2, 0.25) is 0 Å². The minimum atomic E-state index is 0.725. The molecule has 0 bridgehead atoms. The summed E-state index contributed by atoms with van der Waals surface area (Å²) in [5.41, 5.74) is 5.05. The summed E-state index contributed by atoms with van der Waals surface area (Å²) >= 11 is 0. The number of rotatable bonds is 4. The molecule has 0 aromatic carbocycles. The van der Waals surface area contributed by atoms with E-state index in [-0.39, 0.29) is 0 Å². The molecule has 4 heterocycles. The SMILES string of the molecule is CCCN1CC(C)=C(N2CCCC2)C2=C1N1CN(OC)C=C1C=N2. The van der Waals surface area contributed by atoms with Gasteiger partial charge in [0.05, 0.1) is 30.9 Å². The van der Waals surface area contributed by atoms with Crippen molar-refractivity contribution in [3.8, 4) is 0 Å². The summed E-state index contributed by atoms with van der Waals surface area (Å²) in [4.78, 5) is 17.7. The summed E-state index contributed by atoms with van der Waals surface area (Å²) in [5.74, 6) is 1.25. The van der Waals surface area contributed by atoms with Crippen LogP contribution in [0.2, 0.25) is 0 Å². The summed E-state index contributed by atoms with van der Waals surface area (Å²) in [6, 6.07) is 0. The molecule has 24 heavy (non-hydrogen) atoms. The van der Waals surface area contributed by atoms with Crippen LogP contribution in [0.4, 0.5) is 0 Å². The van der Waals surface area contributed by atoms with Gasteiger partial charge in [0.15, 0.2) is 0 Å². The molecule has 4 aliphatic heterocycles. The highest BCUT2D eigenvalue weighted by Gasteiger charge is 2.37. The molecule has 0 atom stereocenters. The molecule has 0 unspecified atom stereocenters. The predicted octanol–water partition coefficient (Wildman–Crippen LogP) is 2.31. The molecule has 4 rings (SSSR count). The minimum Gasteiger partial charge on any atom is -0.370 e. The molecule has 0 N–H and O–H groups in total. The Morgan fingerprint density at radius 1 is 1.25 bits per heavy atom. The van der Waals surface area contributed by atoms with Gasteiger partial charge in [0.1, 0.15) is 18.2 Å². The Morgan fingerprint density at radius 2 is 2.04 bits per heavy atom. The molecule has 6 nitrogen and oxygen atoms in total. The van der Waals surface area contributed by atoms with Gasteiger partial charge >= 0.3 is 0 Å². The minimum absolute atomic E-state index is 0.725. The smallest absolute Gasteiger partial charge is 0.139 e. The Hall–Kier alpha value is -1.95. The van der Waals surface area contributed by atoms with Gasteiger partial charge in [0, 0.05) is 26.2 Å². The van der Waals surface area contributed by atoms with Crippen molar-refractivity contribution in [2.75, 3.05) is 40.0 Å². The molecule has 0 aromatic rings. The molecule has 0 radical (unpaired) electrons. The van der Waals surface area contributed by atoms with Crippen molar-refractivity contribution in [3.63, 3.8) is 0 Å². The van der Waals surface area contributed by atoms with Gasteiger partial charge in [-0.15, -0.1) is 0 Å². The first kappa shape index (κ1) is 15.6. The first-order valence-electron chi connectivity index (χ1n) is 9.01. The van der Waals surface area contributed by atoms with Gasteiger partial charge in [-0.05, 0) is 31.8 Å². The van der Waals surface area contributed by atoms with E-state index in [2.05, 4.69) is 28.5 Å². The third-order valence-electron chi connectivity index (χ3n) is 5.17. The summed E-state index contributed by atoms with van der Waals surface area (Å²) in [6.07, 6.45) is 7.71. The van der Waals surface area contributed by atoms with Gasteiger partial charge in [-0.3, -0.25) is 4.84 Å². The van der Waals surface area contributed by atoms with E-state index in [1.165, 1.54) is 29.9 Å². The van der Waals surface area contributed by atoms with Crippen molar-refractivity contribution in [1.29, 1.82) is 0 Å². The van der Waals surface area contributed by atoms with Crippen molar-refractivity contribution < 1.29 is 4.84 Å². The number of fused-ring (bicyclic) bond motifs is 2. The van der Waals surface area contributed by atoms with E-state index in [0.29, 0.717) is 0 Å². The van der Waals surface area contributed by atoms with Crippen LogP contribution in [0.5, 0.6) is 0 Å². The zero-order valence-electron chi connectivity index (χ0n) is 15.0. The van der Waals surface area contributed by atoms with E-state index >= 15 is 0 Å². The van der Waals surface area contributed by atoms with Crippen molar-refractivity contribution in [1.82, 2.24) is 19.8 Å². The van der Waals surface area contributed by atoms with E-state index in [1.807, 2.05) is 17.5 Å². The summed E-state index contributed by atoms with van der Waals surface area (Å²) in [6.45, 7) is 9.58. The molecule has 6 heteroatoms. The number of allylic oxidation sites excluding steroid dienone is 1. The number of hydrogen-bond donors (Lipinski definition) is 0. The third kappa shape index (κ3) is 2.40. The maximum Gasteiger partial charge on any atom is 0.139 e. The van der Waals surface area contributed by atoms with Crippen LogP contribution >= 0.6 is 0 Å². The summed E-state index contributed by atoms with van der Waals surface area (Å²) < 4.78 is 0. The molecular formula is C18H27N5O. The van der Waals surface area contributed by atoms with Gasteiger partial charge in [-0.2, -0.15) is 0 Å². The quantitative estimate of drug-likeness (QED) is 0.791. The van der Waals surface area contributed by atoms with Gasteiger partial charge in [0.25, 0.3) is 0 Å². The average molecular weight is 329 g/mol. The number of hydrogen-bond acceptors (Lipinski definition) is 6. The van der Waals surface area contributed by atoms with E-state index in [9.17, 15) is 0 Å². The Morgan fingerprint density at radius 3 is 2.75 bits per heavy atom. The second kappa shape index (κ2) is 6.16. The monoisotopic (exact) mass is 329 g/mol. The van der Waals surface area contributed by atoms with Crippen molar-refractivity contribution >= 4 is 6.21 Å². The van der Waals surface area contributed by atoms with Crippen molar-refractivity contribution in [2.45, 2.75) is 33.1 Å². The van der Waals surface area contributed by atoms with Crippen LogP contribution < -0.4 is 0 Å². The third-order valence-corrected chi connectivity index (χ3v) is 5.17. The lowest BCUT2D eigenvalue weighted by Gasteiger charge is -2.42. The number of aliphatic imine (C=N–C) groups is 1. The first-order chi connectivity index (χ1) is 11.7. The first-order valence-corrected chi connectivity index (χ1v) is 9.01. The molecule has 0 amide bonds. The lowest BCUT2D eigenvalue weighted by Crippen LogP contribution is -2.44. The number of nitrogens with zero attached hydrogens (tertiary/aromatic N) is 5. The van der Waals surface area contributed by atoms with Crippen molar-refractivity contribution in [2.24, 2.45) is 4.99 Å². The van der Waals surface area contributed by atoms with Crippen molar-refractivity contribution in [3.05, 3.63) is 34.7 Å². The fourth-order valence-corrected chi connectivity index (χ4v) is 4.14. The topological polar surface area (TPSA) is 34.5 Å². The van der Waals surface area contributed by atoms with Crippen LogP contribution in [-0.2, 0) is 4.84 Å². The van der Waals surface area contributed by atoms with Crippen LogP contribution in [0.3, 0.4) is 0 Å². The molecule has 130 valence electrons. The lowest BCUT2D eigenvalue weighted by atomic mass is 10.0. The molecule has 0 aliphatic carbocycles. The molecule has 0 aromatic heterocycles. The molecule has 4 aliphatic rings. The summed E-state index contributed by atoms with van der Waals surface area (Å²) in [5, 5.41) is 1.86.